The Balaban J connectivity index is 5.15. The molecule has 0 aromatic heterocycles. The van der Waals surface area contributed by atoms with Crippen LogP contribution in [-0.4, -0.2) is 144 Å². The topological polar surface area (TPSA) is 369 Å². The van der Waals surface area contributed by atoms with E-state index in [0.717, 1.165) is 0 Å². The molecule has 0 unspecified atom stereocenters. The summed E-state index contributed by atoms with van der Waals surface area (Å²) in [7, 11) is 0. The number of aliphatic hydroxyl groups excluding tert-OH is 2. The Labute approximate surface area is 287 Å². The van der Waals surface area contributed by atoms with Gasteiger partial charge in [0.2, 0.25) is 35.4 Å². The van der Waals surface area contributed by atoms with Gasteiger partial charge < -0.3 is 70.2 Å². The number of carboxylic acid groups (broad SMARTS) is 1. The molecule has 0 aliphatic heterocycles. The van der Waals surface area contributed by atoms with Crippen LogP contribution in [0.4, 0.5) is 0 Å². The quantitative estimate of drug-likeness (QED) is 0.0224. The van der Waals surface area contributed by atoms with Crippen molar-refractivity contribution in [2.75, 3.05) is 51.4 Å². The molecule has 6 amide bonds. The number of carbonyl (C=O) groups excluding carboxylic acids is 6. The van der Waals surface area contributed by atoms with Crippen molar-refractivity contribution in [3.8, 4) is 0 Å². The lowest BCUT2D eigenvalue weighted by molar-refractivity contribution is -0.143. The monoisotopic (exact) mass is 721 g/mol. The summed E-state index contributed by atoms with van der Waals surface area (Å²) in [4.78, 5) is 90.4. The minimum absolute atomic E-state index is 0.0511. The van der Waals surface area contributed by atoms with Gasteiger partial charge in [-0.15, -0.1) is 0 Å². The zero-order valence-electron chi connectivity index (χ0n) is 27.4. The predicted octanol–water partition coefficient (Wildman–Crippen LogP) is -6.51. The van der Waals surface area contributed by atoms with Gasteiger partial charge >= 0.3 is 5.97 Å². The second kappa shape index (κ2) is 25.7. The van der Waals surface area contributed by atoms with E-state index in [4.69, 9.17) is 33.1 Å². The van der Waals surface area contributed by atoms with E-state index in [1.54, 1.807) is 6.26 Å². The molecule has 0 radical (unpaired) electrons. The first kappa shape index (κ1) is 44.8. The number of amides is 6. The van der Waals surface area contributed by atoms with Crippen molar-refractivity contribution >= 4 is 59.1 Å². The molecular formula is C27H51N11O10S. The predicted molar refractivity (Wildman–Crippen MR) is 179 cm³/mol. The van der Waals surface area contributed by atoms with Crippen LogP contribution in [-0.2, 0) is 33.6 Å². The molecule has 0 heterocycles. The lowest BCUT2D eigenvalue weighted by Gasteiger charge is -2.23. The zero-order chi connectivity index (χ0) is 37.4. The van der Waals surface area contributed by atoms with Crippen LogP contribution in [0.1, 0.15) is 38.5 Å². The van der Waals surface area contributed by atoms with Crippen LogP contribution in [0.5, 0.6) is 0 Å². The molecule has 21 nitrogen and oxygen atoms in total. The highest BCUT2D eigenvalue weighted by molar-refractivity contribution is 7.98. The summed E-state index contributed by atoms with van der Waals surface area (Å²) in [5.41, 5.74) is 22.0. The van der Waals surface area contributed by atoms with Crippen molar-refractivity contribution in [2.24, 2.45) is 27.9 Å². The second-order valence-electron chi connectivity index (χ2n) is 10.6. The minimum Gasteiger partial charge on any atom is -0.480 e. The van der Waals surface area contributed by atoms with E-state index in [1.165, 1.54) is 11.8 Å². The highest BCUT2D eigenvalue weighted by atomic mass is 32.2. The van der Waals surface area contributed by atoms with Gasteiger partial charge in [-0.05, 0) is 50.7 Å². The molecule has 0 saturated carbocycles. The lowest BCUT2D eigenvalue weighted by atomic mass is 10.1. The molecule has 280 valence electrons. The smallest absolute Gasteiger partial charge is 0.328 e. The molecule has 22 heteroatoms. The van der Waals surface area contributed by atoms with Gasteiger partial charge in [-0.25, -0.2) is 4.79 Å². The normalized spacial score (nSPS) is 13.7. The average Bonchev–Trinajstić information content (AvgIpc) is 3.06. The Morgan fingerprint density at radius 1 is 0.694 bits per heavy atom. The molecule has 0 fully saturated rings. The van der Waals surface area contributed by atoms with Gasteiger partial charge in [-0.3, -0.25) is 33.8 Å². The maximum Gasteiger partial charge on any atom is 0.328 e. The van der Waals surface area contributed by atoms with E-state index in [-0.39, 0.29) is 31.8 Å². The van der Waals surface area contributed by atoms with Crippen molar-refractivity contribution in [1.29, 1.82) is 0 Å². The number of nitrogens with two attached hydrogens (primary N) is 4. The fourth-order valence-electron chi connectivity index (χ4n) is 3.90. The van der Waals surface area contributed by atoms with Crippen LogP contribution in [0, 0.1) is 0 Å². The first-order chi connectivity index (χ1) is 23.2. The molecule has 0 saturated heterocycles. The van der Waals surface area contributed by atoms with Gasteiger partial charge in [0.25, 0.3) is 0 Å². The number of nitrogens with one attached hydrogen (secondary N) is 6. The number of aliphatic carboxylic acids is 1. The van der Waals surface area contributed by atoms with E-state index in [2.05, 4.69) is 36.9 Å². The Bertz CT molecular complexity index is 1130. The Morgan fingerprint density at radius 2 is 1.27 bits per heavy atom. The molecule has 0 spiro atoms. The van der Waals surface area contributed by atoms with E-state index in [9.17, 15) is 38.7 Å². The van der Waals surface area contributed by atoms with Crippen molar-refractivity contribution in [3.63, 3.8) is 0 Å². The largest absolute Gasteiger partial charge is 0.480 e. The maximum absolute atomic E-state index is 13.0. The van der Waals surface area contributed by atoms with E-state index in [0.29, 0.717) is 31.6 Å². The molecule has 0 bridgehead atoms. The Morgan fingerprint density at radius 3 is 1.82 bits per heavy atom. The van der Waals surface area contributed by atoms with E-state index in [1.807, 2.05) is 0 Å². The molecular weight excluding hydrogens is 670 g/mol. The van der Waals surface area contributed by atoms with Crippen molar-refractivity contribution in [3.05, 3.63) is 0 Å². The number of thioether (sulfide) groups is 1. The van der Waals surface area contributed by atoms with Crippen LogP contribution < -0.4 is 54.8 Å². The molecule has 5 atom stereocenters. The Kier molecular flexibility index (Phi) is 23.5. The summed E-state index contributed by atoms with van der Waals surface area (Å²) in [6.45, 7) is -2.45. The molecule has 0 aliphatic carbocycles. The zero-order valence-corrected chi connectivity index (χ0v) is 28.3. The van der Waals surface area contributed by atoms with Crippen molar-refractivity contribution < 1.29 is 48.9 Å². The third-order valence-corrected chi connectivity index (χ3v) is 7.27. The number of carbonyl (C=O) groups is 7. The highest BCUT2D eigenvalue weighted by Crippen LogP contribution is 2.04. The van der Waals surface area contributed by atoms with Gasteiger partial charge in [0.15, 0.2) is 5.96 Å². The van der Waals surface area contributed by atoms with Crippen LogP contribution in [0.3, 0.4) is 0 Å². The summed E-state index contributed by atoms with van der Waals surface area (Å²) in [5.74, 6) is -6.09. The van der Waals surface area contributed by atoms with Crippen LogP contribution in [0.25, 0.3) is 0 Å². The standard InChI is InChI=1S/C27H51N11O10S/c1-49-10-7-17(25(46)38-19(14-40)26(47)48)35-21(42)12-33-20(41)11-34-23(44)18(13-39)37-24(45)16(6-4-9-32-27(30)31)36-22(43)15(29)5-2-3-8-28/h15-19,39-40H,2-14,28-29H2,1H3,(H,33,41)(H,34,44)(H,35,42)(H,36,43)(H,37,45)(H,38,46)(H,47,48)(H4,30,31,32)/t15-,16-,17-,18-,19-/m0/s1. The van der Waals surface area contributed by atoms with Gasteiger partial charge in [0.1, 0.15) is 24.2 Å². The van der Waals surface area contributed by atoms with Crippen LogP contribution in [0.2, 0.25) is 0 Å². The first-order valence-corrected chi connectivity index (χ1v) is 16.8. The molecule has 0 aliphatic rings. The molecule has 0 aromatic carbocycles. The highest BCUT2D eigenvalue weighted by Gasteiger charge is 2.29. The maximum atomic E-state index is 13.0. The van der Waals surface area contributed by atoms with Gasteiger partial charge in [-0.1, -0.05) is 6.42 Å². The first-order valence-electron chi connectivity index (χ1n) is 15.4. The van der Waals surface area contributed by atoms with E-state index >= 15 is 0 Å². The number of guanidine groups is 1. The van der Waals surface area contributed by atoms with Gasteiger partial charge in [0.05, 0.1) is 32.3 Å². The number of aliphatic hydroxyl groups is 2. The average molecular weight is 722 g/mol. The number of nitrogens with zero attached hydrogens (tertiary/aromatic N) is 1. The fraction of sp³-hybridized carbons (Fsp3) is 0.704. The minimum atomic E-state index is -1.58. The lowest BCUT2D eigenvalue weighted by Crippen LogP contribution is -2.57. The third kappa shape index (κ3) is 20.0. The number of rotatable bonds is 26. The molecule has 49 heavy (non-hydrogen) atoms. The number of carboxylic acids is 1. The summed E-state index contributed by atoms with van der Waals surface area (Å²) in [5, 5.41) is 41.7. The number of hydrogen-bond donors (Lipinski definition) is 13. The number of aliphatic imine (C=N–C) groups is 1. The summed E-state index contributed by atoms with van der Waals surface area (Å²) < 4.78 is 0. The summed E-state index contributed by atoms with van der Waals surface area (Å²) in [6.07, 6.45) is 3.75. The Hall–Kier alpha value is -4.25. The summed E-state index contributed by atoms with van der Waals surface area (Å²) >= 11 is 1.36. The molecule has 0 rings (SSSR count). The SMILES string of the molecule is CSCC[C@H](NC(=O)CNC(=O)CNC(=O)[C@H](CO)NC(=O)[C@H](CCCN=C(N)N)NC(=O)[C@@H](N)CCCCN)C(=O)N[C@@H](CO)C(=O)O. The van der Waals surface area contributed by atoms with Crippen molar-refractivity contribution in [2.45, 2.75) is 68.7 Å². The number of unbranched alkanes of at least 4 members (excludes halogenated alkanes) is 1. The molecule has 0 aromatic rings. The molecule has 17 N–H and O–H groups in total. The van der Waals surface area contributed by atoms with Crippen LogP contribution in [0.15, 0.2) is 4.99 Å². The summed E-state index contributed by atoms with van der Waals surface area (Å²) in [6, 6.07) is -6.36. The second-order valence-corrected chi connectivity index (χ2v) is 11.6. The number of hydrogen-bond acceptors (Lipinski definition) is 13. The fourth-order valence-corrected chi connectivity index (χ4v) is 4.37. The van der Waals surface area contributed by atoms with E-state index < -0.39 is 97.9 Å². The van der Waals surface area contributed by atoms with Gasteiger partial charge in [-0.2, -0.15) is 11.8 Å². The van der Waals surface area contributed by atoms with Crippen molar-refractivity contribution in [1.82, 2.24) is 31.9 Å². The van der Waals surface area contributed by atoms with Crippen LogP contribution >= 0.6 is 11.8 Å². The third-order valence-electron chi connectivity index (χ3n) is 6.63. The van der Waals surface area contributed by atoms with Gasteiger partial charge in [0, 0.05) is 6.54 Å².